The summed E-state index contributed by atoms with van der Waals surface area (Å²) in [5, 5.41) is 0.664. The lowest BCUT2D eigenvalue weighted by atomic mass is 9.84. The number of nitrogens with zero attached hydrogens (tertiary/aromatic N) is 3. The van der Waals surface area contributed by atoms with Crippen LogP contribution in [0.15, 0.2) is 36.5 Å². The summed E-state index contributed by atoms with van der Waals surface area (Å²) in [5.74, 6) is 1.29. The van der Waals surface area contributed by atoms with Gasteiger partial charge in [0, 0.05) is 43.3 Å². The predicted molar refractivity (Wildman–Crippen MR) is 102 cm³/mol. The molecule has 1 aliphatic heterocycles. The van der Waals surface area contributed by atoms with Gasteiger partial charge in [0.15, 0.2) is 5.13 Å². The molecule has 0 bridgehead atoms. The number of anilines is 1. The molecule has 130 valence electrons. The third-order valence-corrected chi connectivity index (χ3v) is 5.80. The molecule has 1 aliphatic rings. The molecule has 5 heteroatoms. The van der Waals surface area contributed by atoms with Gasteiger partial charge in [-0.15, -0.1) is 11.3 Å². The molecule has 1 fully saturated rings. The molecular formula is C19H28N4S. The van der Waals surface area contributed by atoms with E-state index in [4.69, 9.17) is 5.73 Å². The smallest absolute Gasteiger partial charge is 0.180 e. The summed E-state index contributed by atoms with van der Waals surface area (Å²) in [6.07, 6.45) is 1.91. The molecule has 0 radical (unpaired) electrons. The lowest BCUT2D eigenvalue weighted by Gasteiger charge is -2.45. The topological polar surface area (TPSA) is 45.4 Å². The van der Waals surface area contributed by atoms with Gasteiger partial charge >= 0.3 is 0 Å². The maximum absolute atomic E-state index is 5.76. The van der Waals surface area contributed by atoms with Gasteiger partial charge in [-0.25, -0.2) is 4.98 Å². The van der Waals surface area contributed by atoms with Crippen molar-refractivity contribution in [3.8, 4) is 0 Å². The van der Waals surface area contributed by atoms with Crippen molar-refractivity contribution in [3.63, 3.8) is 0 Å². The van der Waals surface area contributed by atoms with Crippen molar-refractivity contribution in [2.75, 3.05) is 25.9 Å². The third-order valence-electron chi connectivity index (χ3n) is 4.99. The van der Waals surface area contributed by atoms with Crippen LogP contribution in [0.5, 0.6) is 0 Å². The molecule has 0 amide bonds. The highest BCUT2D eigenvalue weighted by Crippen LogP contribution is 2.29. The zero-order chi connectivity index (χ0) is 17.1. The Hall–Kier alpha value is -1.43. The van der Waals surface area contributed by atoms with E-state index in [-0.39, 0.29) is 0 Å². The minimum atomic E-state index is 0.598. The molecule has 3 rings (SSSR count). The third kappa shape index (κ3) is 4.15. The molecule has 1 saturated heterocycles. The quantitative estimate of drug-likeness (QED) is 0.904. The molecule has 2 heterocycles. The SMILES string of the molecule is CC1CN(Cc2ccccc2)CC(C)C1N(C)Cc1cnc(N)s1. The first kappa shape index (κ1) is 17.4. The van der Waals surface area contributed by atoms with Crippen molar-refractivity contribution in [2.24, 2.45) is 11.8 Å². The van der Waals surface area contributed by atoms with Crippen molar-refractivity contribution in [3.05, 3.63) is 47.0 Å². The summed E-state index contributed by atoms with van der Waals surface area (Å²) in [4.78, 5) is 10.5. The van der Waals surface area contributed by atoms with Gasteiger partial charge in [-0.3, -0.25) is 9.80 Å². The highest BCUT2D eigenvalue weighted by atomic mass is 32.1. The van der Waals surface area contributed by atoms with E-state index in [0.717, 1.165) is 26.2 Å². The lowest BCUT2D eigenvalue weighted by molar-refractivity contribution is 0.0295. The van der Waals surface area contributed by atoms with Gasteiger partial charge in [0.1, 0.15) is 0 Å². The van der Waals surface area contributed by atoms with E-state index in [1.54, 1.807) is 11.3 Å². The Morgan fingerprint density at radius 1 is 1.21 bits per heavy atom. The fourth-order valence-corrected chi connectivity index (χ4v) is 5.00. The van der Waals surface area contributed by atoms with Crippen LogP contribution < -0.4 is 5.73 Å². The van der Waals surface area contributed by atoms with E-state index in [1.165, 1.54) is 10.4 Å². The minimum Gasteiger partial charge on any atom is -0.375 e. The summed E-state index contributed by atoms with van der Waals surface area (Å²) in [5.41, 5.74) is 7.17. The van der Waals surface area contributed by atoms with Crippen LogP contribution in [0.4, 0.5) is 5.13 Å². The second kappa shape index (κ2) is 7.64. The number of hydrogen-bond donors (Lipinski definition) is 1. The number of hydrogen-bond acceptors (Lipinski definition) is 5. The largest absolute Gasteiger partial charge is 0.375 e. The van der Waals surface area contributed by atoms with Gasteiger partial charge in [0.05, 0.1) is 0 Å². The van der Waals surface area contributed by atoms with Gasteiger partial charge in [-0.2, -0.15) is 0 Å². The monoisotopic (exact) mass is 344 g/mol. The first-order valence-electron chi connectivity index (χ1n) is 8.69. The van der Waals surface area contributed by atoms with E-state index in [0.29, 0.717) is 23.0 Å². The summed E-state index contributed by atoms with van der Waals surface area (Å²) >= 11 is 1.60. The van der Waals surface area contributed by atoms with Gasteiger partial charge < -0.3 is 5.73 Å². The average Bonchev–Trinajstić information content (AvgIpc) is 2.92. The van der Waals surface area contributed by atoms with Crippen LogP contribution in [0.25, 0.3) is 0 Å². The summed E-state index contributed by atoms with van der Waals surface area (Å²) in [7, 11) is 2.24. The van der Waals surface area contributed by atoms with E-state index in [1.807, 2.05) is 6.20 Å². The Morgan fingerprint density at radius 2 is 1.88 bits per heavy atom. The Bertz CT molecular complexity index is 630. The fraction of sp³-hybridized carbons (Fsp3) is 0.526. The average molecular weight is 345 g/mol. The van der Waals surface area contributed by atoms with Crippen LogP contribution in [0.3, 0.4) is 0 Å². The first-order valence-corrected chi connectivity index (χ1v) is 9.51. The maximum atomic E-state index is 5.76. The van der Waals surface area contributed by atoms with E-state index in [9.17, 15) is 0 Å². The number of nitrogen functional groups attached to an aromatic ring is 1. The standard InChI is InChI=1S/C19H28N4S/c1-14-10-23(12-16-7-5-4-6-8-16)11-15(2)18(14)22(3)13-17-9-21-19(20)24-17/h4-9,14-15,18H,10-13H2,1-3H3,(H2,20,21). The molecule has 0 aliphatic carbocycles. The Balaban J connectivity index is 1.60. The normalized spacial score (nSPS) is 25.2. The highest BCUT2D eigenvalue weighted by Gasteiger charge is 2.34. The Morgan fingerprint density at radius 3 is 2.46 bits per heavy atom. The van der Waals surface area contributed by atoms with Crippen LogP contribution in [0, 0.1) is 11.8 Å². The van der Waals surface area contributed by atoms with Crippen LogP contribution in [0.2, 0.25) is 0 Å². The number of benzene rings is 1. The Labute approximate surface area is 149 Å². The molecule has 1 aromatic carbocycles. The molecule has 2 aromatic rings. The van der Waals surface area contributed by atoms with Gasteiger partial charge in [0.25, 0.3) is 0 Å². The molecule has 1 aromatic heterocycles. The number of nitrogens with two attached hydrogens (primary N) is 1. The highest BCUT2D eigenvalue weighted by molar-refractivity contribution is 7.15. The molecule has 4 nitrogen and oxygen atoms in total. The van der Waals surface area contributed by atoms with Gasteiger partial charge in [-0.1, -0.05) is 44.2 Å². The summed E-state index contributed by atoms with van der Waals surface area (Å²) in [6.45, 7) is 9.06. The van der Waals surface area contributed by atoms with E-state index >= 15 is 0 Å². The second-order valence-corrected chi connectivity index (χ2v) is 8.35. The minimum absolute atomic E-state index is 0.598. The summed E-state index contributed by atoms with van der Waals surface area (Å²) in [6, 6.07) is 11.4. The number of rotatable bonds is 5. The van der Waals surface area contributed by atoms with E-state index < -0.39 is 0 Å². The summed E-state index contributed by atoms with van der Waals surface area (Å²) < 4.78 is 0. The van der Waals surface area contributed by atoms with Crippen molar-refractivity contribution in [1.29, 1.82) is 0 Å². The first-order chi connectivity index (χ1) is 11.5. The predicted octanol–water partition coefficient (Wildman–Crippen LogP) is 3.31. The second-order valence-electron chi connectivity index (χ2n) is 7.20. The number of thiazole rings is 1. The number of aromatic nitrogens is 1. The molecule has 24 heavy (non-hydrogen) atoms. The fourth-order valence-electron chi connectivity index (χ4n) is 4.25. The number of piperidine rings is 1. The van der Waals surface area contributed by atoms with Crippen LogP contribution in [0.1, 0.15) is 24.3 Å². The molecular weight excluding hydrogens is 316 g/mol. The Kier molecular flexibility index (Phi) is 5.54. The lowest BCUT2D eigenvalue weighted by Crippen LogP contribution is -2.53. The van der Waals surface area contributed by atoms with Crippen LogP contribution in [-0.4, -0.2) is 41.0 Å². The zero-order valence-corrected chi connectivity index (χ0v) is 15.7. The van der Waals surface area contributed by atoms with Crippen molar-refractivity contribution < 1.29 is 0 Å². The molecule has 2 unspecified atom stereocenters. The number of likely N-dealkylation sites (tertiary alicyclic amines) is 1. The van der Waals surface area contributed by atoms with Gasteiger partial charge in [0.2, 0.25) is 0 Å². The maximum Gasteiger partial charge on any atom is 0.180 e. The molecule has 2 atom stereocenters. The van der Waals surface area contributed by atoms with Crippen molar-refractivity contribution >= 4 is 16.5 Å². The van der Waals surface area contributed by atoms with Gasteiger partial charge in [-0.05, 0) is 24.4 Å². The van der Waals surface area contributed by atoms with Crippen LogP contribution >= 0.6 is 11.3 Å². The van der Waals surface area contributed by atoms with Crippen molar-refractivity contribution in [2.45, 2.75) is 33.0 Å². The van der Waals surface area contributed by atoms with Crippen molar-refractivity contribution in [1.82, 2.24) is 14.8 Å². The van der Waals surface area contributed by atoms with E-state index in [2.05, 4.69) is 66.0 Å². The molecule has 2 N–H and O–H groups in total. The molecule has 0 spiro atoms. The zero-order valence-electron chi connectivity index (χ0n) is 14.9. The van der Waals surface area contributed by atoms with Crippen LogP contribution in [-0.2, 0) is 13.1 Å². The molecule has 0 saturated carbocycles.